The second kappa shape index (κ2) is 9.94. The Morgan fingerprint density at radius 1 is 1.07 bits per heavy atom. The third kappa shape index (κ3) is 5.19. The van der Waals surface area contributed by atoms with Gasteiger partial charge in [-0.3, -0.25) is 9.69 Å². The summed E-state index contributed by atoms with van der Waals surface area (Å²) >= 11 is 6.83. The SMILES string of the molecule is CCN(CC)c1ccc(/C=C2\SC(=S)N(CCc3ccc(OC)cc3)C2=O)cc1. The monoisotopic (exact) mass is 426 g/mol. The molecule has 0 radical (unpaired) electrons. The van der Waals surface area contributed by atoms with Crippen molar-refractivity contribution < 1.29 is 9.53 Å². The van der Waals surface area contributed by atoms with Crippen molar-refractivity contribution in [2.24, 2.45) is 0 Å². The lowest BCUT2D eigenvalue weighted by Gasteiger charge is -2.20. The summed E-state index contributed by atoms with van der Waals surface area (Å²) in [6.07, 6.45) is 2.68. The van der Waals surface area contributed by atoms with E-state index in [0.717, 1.165) is 36.4 Å². The summed E-state index contributed by atoms with van der Waals surface area (Å²) in [7, 11) is 1.65. The maximum Gasteiger partial charge on any atom is 0.266 e. The van der Waals surface area contributed by atoms with Gasteiger partial charge < -0.3 is 9.64 Å². The highest BCUT2D eigenvalue weighted by molar-refractivity contribution is 8.26. The average Bonchev–Trinajstić information content (AvgIpc) is 3.01. The Balaban J connectivity index is 1.66. The number of benzene rings is 2. The third-order valence-electron chi connectivity index (χ3n) is 4.98. The molecule has 3 rings (SSSR count). The Hall–Kier alpha value is -2.31. The summed E-state index contributed by atoms with van der Waals surface area (Å²) < 4.78 is 5.81. The minimum absolute atomic E-state index is 0.0127. The number of thiocarbonyl (C=S) groups is 1. The number of nitrogens with zero attached hydrogens (tertiary/aromatic N) is 2. The van der Waals surface area contributed by atoms with Gasteiger partial charge >= 0.3 is 0 Å². The molecule has 1 amide bonds. The molecule has 29 heavy (non-hydrogen) atoms. The van der Waals surface area contributed by atoms with Gasteiger partial charge in [0.05, 0.1) is 12.0 Å². The molecule has 152 valence electrons. The topological polar surface area (TPSA) is 32.8 Å². The van der Waals surface area contributed by atoms with Crippen molar-refractivity contribution in [3.05, 3.63) is 64.6 Å². The molecule has 1 saturated heterocycles. The number of rotatable bonds is 8. The Bertz CT molecular complexity index is 888. The van der Waals surface area contributed by atoms with Crippen molar-refractivity contribution >= 4 is 46.0 Å². The van der Waals surface area contributed by atoms with Gasteiger partial charge in [0.2, 0.25) is 0 Å². The molecule has 0 spiro atoms. The first-order chi connectivity index (χ1) is 14.0. The van der Waals surface area contributed by atoms with Crippen molar-refractivity contribution in [1.29, 1.82) is 0 Å². The molecular formula is C23H26N2O2S2. The van der Waals surface area contributed by atoms with E-state index in [1.165, 1.54) is 17.4 Å². The minimum atomic E-state index is -0.0127. The molecule has 4 nitrogen and oxygen atoms in total. The van der Waals surface area contributed by atoms with E-state index in [0.29, 0.717) is 15.8 Å². The number of amides is 1. The summed E-state index contributed by atoms with van der Waals surface area (Å²) in [6.45, 7) is 6.82. The van der Waals surface area contributed by atoms with E-state index in [4.69, 9.17) is 17.0 Å². The molecule has 1 heterocycles. The van der Waals surface area contributed by atoms with Crippen molar-refractivity contribution in [3.8, 4) is 5.75 Å². The highest BCUT2D eigenvalue weighted by Gasteiger charge is 2.31. The predicted molar refractivity (Wildman–Crippen MR) is 127 cm³/mol. The first-order valence-corrected chi connectivity index (χ1v) is 11.0. The molecule has 0 bridgehead atoms. The van der Waals surface area contributed by atoms with Gasteiger partial charge in [0, 0.05) is 25.3 Å². The molecule has 2 aromatic rings. The molecule has 0 aliphatic carbocycles. The Labute approximate surface area is 182 Å². The molecule has 1 aliphatic heterocycles. The van der Waals surface area contributed by atoms with Crippen LogP contribution in [0.1, 0.15) is 25.0 Å². The second-order valence-electron chi connectivity index (χ2n) is 6.70. The quantitative estimate of drug-likeness (QED) is 0.439. The van der Waals surface area contributed by atoms with Gasteiger partial charge in [-0.15, -0.1) is 0 Å². The molecule has 0 saturated carbocycles. The maximum atomic E-state index is 12.8. The zero-order chi connectivity index (χ0) is 20.8. The maximum absolute atomic E-state index is 12.8. The van der Waals surface area contributed by atoms with E-state index < -0.39 is 0 Å². The Kier molecular flexibility index (Phi) is 7.34. The highest BCUT2D eigenvalue weighted by Crippen LogP contribution is 2.33. The van der Waals surface area contributed by atoms with E-state index in [1.54, 1.807) is 12.0 Å². The van der Waals surface area contributed by atoms with E-state index in [1.807, 2.05) is 30.3 Å². The van der Waals surface area contributed by atoms with E-state index in [9.17, 15) is 4.79 Å². The van der Waals surface area contributed by atoms with Gasteiger partial charge in [-0.1, -0.05) is 48.2 Å². The summed E-state index contributed by atoms with van der Waals surface area (Å²) in [4.78, 5) is 17.5. The number of ether oxygens (including phenoxy) is 1. The molecule has 0 atom stereocenters. The van der Waals surface area contributed by atoms with Crippen LogP contribution < -0.4 is 9.64 Å². The fraction of sp³-hybridized carbons (Fsp3) is 0.304. The van der Waals surface area contributed by atoms with E-state index >= 15 is 0 Å². The summed E-state index contributed by atoms with van der Waals surface area (Å²) in [5, 5.41) is 0. The first-order valence-electron chi connectivity index (χ1n) is 9.79. The second-order valence-corrected chi connectivity index (χ2v) is 8.37. The fourth-order valence-corrected chi connectivity index (χ4v) is 4.56. The molecule has 0 aromatic heterocycles. The average molecular weight is 427 g/mol. The Morgan fingerprint density at radius 2 is 1.72 bits per heavy atom. The zero-order valence-corrected chi connectivity index (χ0v) is 18.7. The molecule has 1 aliphatic rings. The minimum Gasteiger partial charge on any atom is -0.497 e. The van der Waals surface area contributed by atoms with Crippen molar-refractivity contribution in [3.63, 3.8) is 0 Å². The lowest BCUT2D eigenvalue weighted by atomic mass is 10.1. The molecular weight excluding hydrogens is 400 g/mol. The standard InChI is InChI=1S/C23H26N2O2S2/c1-4-24(5-2)19-10-6-18(7-11-19)16-21-22(26)25(23(28)29-21)15-14-17-8-12-20(27-3)13-9-17/h6-13,16H,4-5,14-15H2,1-3H3/b21-16-. The number of methoxy groups -OCH3 is 1. The van der Waals surface area contributed by atoms with Crippen LogP contribution in [0.4, 0.5) is 5.69 Å². The van der Waals surface area contributed by atoms with Gasteiger partial charge in [-0.2, -0.15) is 0 Å². The van der Waals surface area contributed by atoms with Crippen molar-refractivity contribution in [1.82, 2.24) is 4.90 Å². The lowest BCUT2D eigenvalue weighted by Crippen LogP contribution is -2.30. The summed E-state index contributed by atoms with van der Waals surface area (Å²) in [6, 6.07) is 16.2. The van der Waals surface area contributed by atoms with Crippen LogP contribution in [0, 0.1) is 0 Å². The summed E-state index contributed by atoms with van der Waals surface area (Å²) in [5.41, 5.74) is 3.35. The largest absolute Gasteiger partial charge is 0.497 e. The summed E-state index contributed by atoms with van der Waals surface area (Å²) in [5.74, 6) is 0.815. The van der Waals surface area contributed by atoms with Crippen LogP contribution in [0.25, 0.3) is 6.08 Å². The van der Waals surface area contributed by atoms with Crippen LogP contribution in [0.15, 0.2) is 53.4 Å². The van der Waals surface area contributed by atoms with Crippen LogP contribution in [-0.2, 0) is 11.2 Å². The van der Waals surface area contributed by atoms with Crippen LogP contribution >= 0.6 is 24.0 Å². The number of carbonyl (C=O) groups excluding carboxylic acids is 1. The Morgan fingerprint density at radius 3 is 2.31 bits per heavy atom. The third-order valence-corrected chi connectivity index (χ3v) is 6.35. The van der Waals surface area contributed by atoms with Gasteiger partial charge in [-0.25, -0.2) is 0 Å². The molecule has 2 aromatic carbocycles. The van der Waals surface area contributed by atoms with Crippen molar-refractivity contribution in [2.75, 3.05) is 31.6 Å². The number of carbonyl (C=O) groups is 1. The number of thioether (sulfide) groups is 1. The fourth-order valence-electron chi connectivity index (χ4n) is 3.25. The van der Waals surface area contributed by atoms with E-state index in [2.05, 4.69) is 43.0 Å². The lowest BCUT2D eigenvalue weighted by molar-refractivity contribution is -0.122. The molecule has 0 N–H and O–H groups in total. The van der Waals surface area contributed by atoms with Crippen LogP contribution in [0.3, 0.4) is 0 Å². The van der Waals surface area contributed by atoms with Crippen LogP contribution in [-0.4, -0.2) is 41.9 Å². The predicted octanol–water partition coefficient (Wildman–Crippen LogP) is 4.99. The van der Waals surface area contributed by atoms with Crippen molar-refractivity contribution in [2.45, 2.75) is 20.3 Å². The first kappa shape index (κ1) is 21.4. The van der Waals surface area contributed by atoms with E-state index in [-0.39, 0.29) is 5.91 Å². The van der Waals surface area contributed by atoms with Gasteiger partial charge in [0.15, 0.2) is 0 Å². The number of hydrogen-bond acceptors (Lipinski definition) is 5. The number of hydrogen-bond donors (Lipinski definition) is 0. The normalized spacial score (nSPS) is 15.3. The van der Waals surface area contributed by atoms with Crippen LogP contribution in [0.5, 0.6) is 5.75 Å². The zero-order valence-electron chi connectivity index (χ0n) is 17.1. The number of anilines is 1. The highest BCUT2D eigenvalue weighted by atomic mass is 32.2. The van der Waals surface area contributed by atoms with Gasteiger partial charge in [0.1, 0.15) is 10.1 Å². The smallest absolute Gasteiger partial charge is 0.266 e. The van der Waals surface area contributed by atoms with Gasteiger partial charge in [-0.05, 0) is 61.7 Å². The van der Waals surface area contributed by atoms with Gasteiger partial charge in [0.25, 0.3) is 5.91 Å². The molecule has 1 fully saturated rings. The van der Waals surface area contributed by atoms with Crippen LogP contribution in [0.2, 0.25) is 0 Å². The molecule has 6 heteroatoms. The molecule has 0 unspecified atom stereocenters.